The van der Waals surface area contributed by atoms with Gasteiger partial charge >= 0.3 is 0 Å². The summed E-state index contributed by atoms with van der Waals surface area (Å²) in [5.41, 5.74) is 1.25. The van der Waals surface area contributed by atoms with Gasteiger partial charge in [-0.25, -0.2) is 0 Å². The third kappa shape index (κ3) is 3.76. The fourth-order valence-electron chi connectivity index (χ4n) is 3.36. The minimum absolute atomic E-state index is 0.0816. The number of ketones is 1. The maximum absolute atomic E-state index is 12.8. The number of carbonyl (C=O) groups excluding carboxylic acids is 2. The van der Waals surface area contributed by atoms with E-state index < -0.39 is 17.7 Å². The van der Waals surface area contributed by atoms with Gasteiger partial charge < -0.3 is 14.7 Å². The normalized spacial score (nSPS) is 18.8. The molecule has 1 amide bonds. The molecule has 1 fully saturated rings. The number of hydrogen-bond acceptors (Lipinski definition) is 4. The number of nitrogens with zero attached hydrogens (tertiary/aromatic N) is 1. The highest BCUT2D eigenvalue weighted by atomic mass is 35.5. The molecular formula is C22H22ClNO4. The number of methoxy groups -OCH3 is 1. The molecule has 0 radical (unpaired) electrons. The van der Waals surface area contributed by atoms with E-state index in [1.54, 1.807) is 55.6 Å². The number of rotatable bonds is 5. The van der Waals surface area contributed by atoms with E-state index in [-0.39, 0.29) is 17.3 Å². The summed E-state index contributed by atoms with van der Waals surface area (Å²) in [6.45, 7) is 4.35. The third-order valence-electron chi connectivity index (χ3n) is 4.65. The maximum atomic E-state index is 12.8. The SMILES string of the molecule is COc1ccc(C2/C(=C(\O)c3ccc(Cl)cc3)C(=O)C(=O)N2CC(C)C)cc1. The lowest BCUT2D eigenvalue weighted by Gasteiger charge is -2.27. The molecule has 0 bridgehead atoms. The van der Waals surface area contributed by atoms with Crippen molar-refractivity contribution in [3.8, 4) is 5.75 Å². The first-order chi connectivity index (χ1) is 13.3. The van der Waals surface area contributed by atoms with Gasteiger partial charge in [-0.05, 0) is 47.9 Å². The van der Waals surface area contributed by atoms with Gasteiger partial charge in [-0.2, -0.15) is 0 Å². The largest absolute Gasteiger partial charge is 0.507 e. The zero-order valence-electron chi connectivity index (χ0n) is 16.0. The molecular weight excluding hydrogens is 378 g/mol. The van der Waals surface area contributed by atoms with Gasteiger partial charge in [0.2, 0.25) is 0 Å². The van der Waals surface area contributed by atoms with Gasteiger partial charge in [0.25, 0.3) is 11.7 Å². The standard InChI is InChI=1S/C22H22ClNO4/c1-13(2)12-24-19(14-6-10-17(28-3)11-7-14)18(21(26)22(24)27)20(25)15-4-8-16(23)9-5-15/h4-11,13,19,25H,12H2,1-3H3/b20-18+. The number of halogens is 1. The summed E-state index contributed by atoms with van der Waals surface area (Å²) in [7, 11) is 1.57. The Morgan fingerprint density at radius 2 is 1.71 bits per heavy atom. The van der Waals surface area contributed by atoms with Crippen molar-refractivity contribution >= 4 is 29.1 Å². The highest BCUT2D eigenvalue weighted by Crippen LogP contribution is 2.40. The number of benzene rings is 2. The zero-order chi connectivity index (χ0) is 20.4. The lowest BCUT2D eigenvalue weighted by Crippen LogP contribution is -2.33. The summed E-state index contributed by atoms with van der Waals surface area (Å²) < 4.78 is 5.20. The second-order valence-corrected chi connectivity index (χ2v) is 7.56. The number of amides is 1. The molecule has 6 heteroatoms. The Kier molecular flexibility index (Phi) is 5.75. The maximum Gasteiger partial charge on any atom is 0.295 e. The van der Waals surface area contributed by atoms with E-state index in [9.17, 15) is 14.7 Å². The Labute approximate surface area is 169 Å². The first-order valence-electron chi connectivity index (χ1n) is 9.01. The van der Waals surface area contributed by atoms with Crippen LogP contribution in [0.15, 0.2) is 54.1 Å². The molecule has 1 saturated heterocycles. The highest BCUT2D eigenvalue weighted by molar-refractivity contribution is 6.46. The Hall–Kier alpha value is -2.79. The molecule has 1 aliphatic rings. The average Bonchev–Trinajstić information content (AvgIpc) is 2.92. The van der Waals surface area contributed by atoms with Crippen molar-refractivity contribution in [1.82, 2.24) is 4.90 Å². The molecule has 1 atom stereocenters. The fraction of sp³-hybridized carbons (Fsp3) is 0.273. The molecule has 0 spiro atoms. The van der Waals surface area contributed by atoms with Crippen LogP contribution in [0.2, 0.25) is 5.02 Å². The van der Waals surface area contributed by atoms with Crippen LogP contribution in [0.4, 0.5) is 0 Å². The van der Waals surface area contributed by atoms with Crippen molar-refractivity contribution in [2.75, 3.05) is 13.7 Å². The van der Waals surface area contributed by atoms with Gasteiger partial charge in [0.1, 0.15) is 11.5 Å². The number of aliphatic hydroxyl groups is 1. The van der Waals surface area contributed by atoms with Gasteiger partial charge in [0.15, 0.2) is 0 Å². The Bertz CT molecular complexity index is 917. The van der Waals surface area contributed by atoms with Gasteiger partial charge in [-0.1, -0.05) is 37.6 Å². The topological polar surface area (TPSA) is 66.8 Å². The third-order valence-corrected chi connectivity index (χ3v) is 4.90. The Morgan fingerprint density at radius 1 is 1.11 bits per heavy atom. The predicted octanol–water partition coefficient (Wildman–Crippen LogP) is 4.43. The van der Waals surface area contributed by atoms with Gasteiger partial charge in [0.05, 0.1) is 18.7 Å². The molecule has 0 saturated carbocycles. The molecule has 28 heavy (non-hydrogen) atoms. The lowest BCUT2D eigenvalue weighted by molar-refractivity contribution is -0.140. The first kappa shape index (κ1) is 20.0. The van der Waals surface area contributed by atoms with Crippen molar-refractivity contribution in [1.29, 1.82) is 0 Å². The number of likely N-dealkylation sites (tertiary alicyclic amines) is 1. The predicted molar refractivity (Wildman–Crippen MR) is 108 cm³/mol. The van der Waals surface area contributed by atoms with Crippen LogP contribution in [0.5, 0.6) is 5.75 Å². The van der Waals surface area contributed by atoms with Crippen molar-refractivity contribution in [2.45, 2.75) is 19.9 Å². The van der Waals surface area contributed by atoms with E-state index in [1.165, 1.54) is 4.90 Å². The van der Waals surface area contributed by atoms with Crippen molar-refractivity contribution < 1.29 is 19.4 Å². The Balaban J connectivity index is 2.16. The van der Waals surface area contributed by atoms with Crippen LogP contribution in [0.3, 0.4) is 0 Å². The Morgan fingerprint density at radius 3 is 2.25 bits per heavy atom. The summed E-state index contributed by atoms with van der Waals surface area (Å²) in [5.74, 6) is -0.669. The first-order valence-corrected chi connectivity index (χ1v) is 9.39. The lowest BCUT2D eigenvalue weighted by atomic mass is 9.95. The van der Waals surface area contributed by atoms with E-state index in [2.05, 4.69) is 0 Å². The molecule has 146 valence electrons. The quantitative estimate of drug-likeness (QED) is 0.459. The monoisotopic (exact) mass is 399 g/mol. The van der Waals surface area contributed by atoms with E-state index in [1.807, 2.05) is 13.8 Å². The second-order valence-electron chi connectivity index (χ2n) is 7.13. The summed E-state index contributed by atoms with van der Waals surface area (Å²) >= 11 is 5.92. The van der Waals surface area contributed by atoms with Gasteiger partial charge in [-0.15, -0.1) is 0 Å². The summed E-state index contributed by atoms with van der Waals surface area (Å²) in [4.78, 5) is 27.1. The molecule has 2 aromatic carbocycles. The summed E-state index contributed by atoms with van der Waals surface area (Å²) in [6.07, 6.45) is 0. The summed E-state index contributed by atoms with van der Waals surface area (Å²) in [6, 6.07) is 13.0. The highest BCUT2D eigenvalue weighted by Gasteiger charge is 2.46. The molecule has 0 aliphatic carbocycles. The molecule has 1 unspecified atom stereocenters. The number of aliphatic hydroxyl groups excluding tert-OH is 1. The molecule has 0 aromatic heterocycles. The van der Waals surface area contributed by atoms with E-state index in [4.69, 9.17) is 16.3 Å². The van der Waals surface area contributed by atoms with Gasteiger partial charge in [-0.3, -0.25) is 9.59 Å². The second kappa shape index (κ2) is 8.07. The van der Waals surface area contributed by atoms with Crippen molar-refractivity contribution in [3.05, 3.63) is 70.3 Å². The molecule has 3 rings (SSSR count). The number of ether oxygens (including phenoxy) is 1. The fourth-order valence-corrected chi connectivity index (χ4v) is 3.48. The zero-order valence-corrected chi connectivity index (χ0v) is 16.7. The van der Waals surface area contributed by atoms with Crippen LogP contribution >= 0.6 is 11.6 Å². The van der Waals surface area contributed by atoms with E-state index in [0.29, 0.717) is 22.9 Å². The number of carbonyl (C=O) groups is 2. The van der Waals surface area contributed by atoms with Gasteiger partial charge in [0, 0.05) is 17.1 Å². The number of hydrogen-bond donors (Lipinski definition) is 1. The van der Waals surface area contributed by atoms with Crippen molar-refractivity contribution in [3.63, 3.8) is 0 Å². The number of Topliss-reactive ketones (excluding diaryl/α,β-unsaturated/α-hetero) is 1. The van der Waals surface area contributed by atoms with Crippen LogP contribution < -0.4 is 4.74 Å². The molecule has 1 heterocycles. The van der Waals surface area contributed by atoms with Crippen LogP contribution in [-0.4, -0.2) is 35.4 Å². The van der Waals surface area contributed by atoms with Crippen LogP contribution in [0.1, 0.15) is 31.0 Å². The van der Waals surface area contributed by atoms with E-state index in [0.717, 1.165) is 5.56 Å². The molecule has 5 nitrogen and oxygen atoms in total. The van der Waals surface area contributed by atoms with Crippen molar-refractivity contribution in [2.24, 2.45) is 5.92 Å². The minimum atomic E-state index is -0.686. The molecule has 1 N–H and O–H groups in total. The molecule has 2 aromatic rings. The molecule has 1 aliphatic heterocycles. The van der Waals surface area contributed by atoms with Crippen LogP contribution in [-0.2, 0) is 9.59 Å². The smallest absolute Gasteiger partial charge is 0.295 e. The van der Waals surface area contributed by atoms with Crippen LogP contribution in [0, 0.1) is 5.92 Å². The minimum Gasteiger partial charge on any atom is -0.507 e. The summed E-state index contributed by atoms with van der Waals surface area (Å²) in [5, 5.41) is 11.4. The average molecular weight is 400 g/mol. The van der Waals surface area contributed by atoms with Crippen LogP contribution in [0.25, 0.3) is 5.76 Å². The van der Waals surface area contributed by atoms with E-state index >= 15 is 0 Å².